The van der Waals surface area contributed by atoms with Gasteiger partial charge in [-0.05, 0) is 36.8 Å². The van der Waals surface area contributed by atoms with Gasteiger partial charge in [-0.2, -0.15) is 4.31 Å². The van der Waals surface area contributed by atoms with E-state index in [4.69, 9.17) is 11.6 Å². The summed E-state index contributed by atoms with van der Waals surface area (Å²) in [7, 11) is -2.90. The van der Waals surface area contributed by atoms with Gasteiger partial charge in [-0.1, -0.05) is 11.6 Å². The molecule has 1 aliphatic heterocycles. The molecule has 12 heteroatoms. The first-order valence-electron chi connectivity index (χ1n) is 9.75. The lowest BCUT2D eigenvalue weighted by Crippen LogP contribution is -2.47. The van der Waals surface area contributed by atoms with Crippen LogP contribution in [0.4, 0.5) is 5.69 Å². The van der Waals surface area contributed by atoms with Crippen LogP contribution in [-0.4, -0.2) is 73.8 Å². The Morgan fingerprint density at radius 3 is 2.78 bits per heavy atom. The predicted octanol–water partition coefficient (Wildman–Crippen LogP) is 2.29. The summed E-state index contributed by atoms with van der Waals surface area (Å²) in [4.78, 5) is 31.1. The number of likely N-dealkylation sites (tertiary alicyclic amines) is 1. The zero-order valence-corrected chi connectivity index (χ0v) is 19.7. The lowest BCUT2D eigenvalue weighted by Gasteiger charge is -2.25. The van der Waals surface area contributed by atoms with Crippen molar-refractivity contribution < 1.29 is 22.7 Å². The highest BCUT2D eigenvalue weighted by atomic mass is 35.5. The molecule has 0 aliphatic carbocycles. The smallest absolute Gasteiger partial charge is 0.321 e. The molecule has 0 radical (unpaired) electrons. The van der Waals surface area contributed by atoms with Crippen molar-refractivity contribution in [2.24, 2.45) is 0 Å². The molecule has 3 heterocycles. The monoisotopic (exact) mass is 498 g/mol. The van der Waals surface area contributed by atoms with Crippen LogP contribution in [0.2, 0.25) is 4.34 Å². The highest BCUT2D eigenvalue weighted by Gasteiger charge is 2.41. The quantitative estimate of drug-likeness (QED) is 0.500. The molecule has 0 aromatic carbocycles. The number of sulfonamides is 1. The van der Waals surface area contributed by atoms with Gasteiger partial charge in [0, 0.05) is 48.0 Å². The second-order valence-electron chi connectivity index (χ2n) is 6.90. The molecule has 0 bridgehead atoms. The van der Waals surface area contributed by atoms with Crippen LogP contribution in [0.25, 0.3) is 6.08 Å². The summed E-state index contributed by atoms with van der Waals surface area (Å²) in [5.41, 5.74) is 0.872. The Bertz CT molecular complexity index is 1070. The van der Waals surface area contributed by atoms with Crippen LogP contribution in [0.5, 0.6) is 0 Å². The highest BCUT2D eigenvalue weighted by molar-refractivity contribution is 7.92. The van der Waals surface area contributed by atoms with Gasteiger partial charge in [0.05, 0.1) is 11.4 Å². The van der Waals surface area contributed by atoms with E-state index in [0.29, 0.717) is 28.8 Å². The van der Waals surface area contributed by atoms with Crippen molar-refractivity contribution in [3.05, 3.63) is 51.3 Å². The molecule has 1 saturated heterocycles. The fraction of sp³-hybridized carbons (Fsp3) is 0.350. The largest absolute Gasteiger partial charge is 0.468 e. The highest BCUT2D eigenvalue weighted by Crippen LogP contribution is 2.25. The lowest BCUT2D eigenvalue weighted by atomic mass is 10.2. The predicted molar refractivity (Wildman–Crippen MR) is 124 cm³/mol. The van der Waals surface area contributed by atoms with Crippen LogP contribution < -0.4 is 5.32 Å². The van der Waals surface area contributed by atoms with E-state index in [1.807, 2.05) is 12.1 Å². The number of ether oxygens (including phenoxy) is 1. The van der Waals surface area contributed by atoms with Crippen molar-refractivity contribution >= 4 is 56.6 Å². The van der Waals surface area contributed by atoms with Crippen molar-refractivity contribution in [2.75, 3.05) is 38.6 Å². The zero-order valence-electron chi connectivity index (χ0n) is 17.3. The van der Waals surface area contributed by atoms with Gasteiger partial charge in [0.15, 0.2) is 0 Å². The van der Waals surface area contributed by atoms with Crippen molar-refractivity contribution in [3.8, 4) is 0 Å². The van der Waals surface area contributed by atoms with Crippen LogP contribution in [0.1, 0.15) is 11.3 Å². The summed E-state index contributed by atoms with van der Waals surface area (Å²) in [6.45, 7) is 0.728. The van der Waals surface area contributed by atoms with Crippen molar-refractivity contribution in [1.82, 2.24) is 14.2 Å². The Kier molecular flexibility index (Phi) is 8.24. The van der Waals surface area contributed by atoms with Gasteiger partial charge in [0.1, 0.15) is 12.6 Å². The Labute approximate surface area is 195 Å². The minimum Gasteiger partial charge on any atom is -0.468 e. The average Bonchev–Trinajstić information content (AvgIpc) is 3.36. The van der Waals surface area contributed by atoms with Crippen molar-refractivity contribution in [1.29, 1.82) is 0 Å². The van der Waals surface area contributed by atoms with Crippen LogP contribution in [0.15, 0.2) is 42.1 Å². The molecule has 3 rings (SSSR count). The van der Waals surface area contributed by atoms with Crippen LogP contribution in [-0.2, 0) is 24.3 Å². The average molecular weight is 499 g/mol. The van der Waals surface area contributed by atoms with Gasteiger partial charge in [-0.15, -0.1) is 11.3 Å². The second-order valence-corrected chi connectivity index (χ2v) is 10.4. The molecule has 1 fully saturated rings. The number of rotatable bonds is 10. The van der Waals surface area contributed by atoms with Crippen LogP contribution in [0, 0.1) is 0 Å². The van der Waals surface area contributed by atoms with E-state index < -0.39 is 28.6 Å². The Morgan fingerprint density at radius 2 is 2.12 bits per heavy atom. The summed E-state index contributed by atoms with van der Waals surface area (Å²) < 4.78 is 32.1. The van der Waals surface area contributed by atoms with E-state index in [2.05, 4.69) is 15.0 Å². The van der Waals surface area contributed by atoms with Gasteiger partial charge in [-0.25, -0.2) is 8.42 Å². The summed E-state index contributed by atoms with van der Waals surface area (Å²) in [5, 5.41) is 4.17. The first-order valence-corrected chi connectivity index (χ1v) is 12.4. The molecular formula is C20H23ClN4O5S2. The number of methoxy groups -OCH3 is 1. The summed E-state index contributed by atoms with van der Waals surface area (Å²) in [6, 6.07) is 5.99. The Hall–Kier alpha value is -2.47. The number of nitrogens with one attached hydrogen (secondary N) is 1. The maximum atomic E-state index is 13.0. The number of pyridine rings is 1. The second kappa shape index (κ2) is 10.9. The van der Waals surface area contributed by atoms with E-state index in [9.17, 15) is 18.0 Å². The molecule has 2 aromatic rings. The number of amides is 1. The molecule has 1 aliphatic rings. The molecule has 1 amide bonds. The van der Waals surface area contributed by atoms with Crippen molar-refractivity contribution in [3.63, 3.8) is 0 Å². The number of esters is 1. The van der Waals surface area contributed by atoms with Gasteiger partial charge in [-0.3, -0.25) is 14.6 Å². The molecule has 1 N–H and O–H groups in total. The number of carbonyl (C=O) groups excluding carboxylic acids is 2. The number of hydrogen-bond donors (Lipinski definition) is 1. The maximum Gasteiger partial charge on any atom is 0.321 e. The first-order chi connectivity index (χ1) is 15.3. The third-order valence-electron chi connectivity index (χ3n) is 4.85. The van der Waals surface area contributed by atoms with Crippen molar-refractivity contribution in [2.45, 2.75) is 12.5 Å². The van der Waals surface area contributed by atoms with Crippen LogP contribution in [0.3, 0.4) is 0 Å². The van der Waals surface area contributed by atoms with E-state index in [0.717, 1.165) is 15.4 Å². The normalized spacial score (nSPS) is 16.8. The Balaban J connectivity index is 1.70. The molecule has 32 heavy (non-hydrogen) atoms. The van der Waals surface area contributed by atoms with Gasteiger partial charge in [0.2, 0.25) is 15.9 Å². The third-order valence-corrected chi connectivity index (χ3v) is 7.56. The topological polar surface area (TPSA) is 109 Å². The number of carbonyl (C=O) groups is 2. The number of nitrogens with zero attached hydrogens (tertiary/aromatic N) is 3. The fourth-order valence-corrected chi connectivity index (χ4v) is 5.60. The summed E-state index contributed by atoms with van der Waals surface area (Å²) in [6.07, 6.45) is 4.99. The zero-order chi connectivity index (χ0) is 23.1. The molecule has 0 spiro atoms. The number of aromatic nitrogens is 1. The number of halogens is 1. The number of thiophene rings is 1. The fourth-order valence-electron chi connectivity index (χ4n) is 3.24. The molecule has 1 atom stereocenters. The SMILES string of the molecule is COC(=O)CN(C1CCN(CCNc2ccncc2)C1=O)S(=O)(=O)C=Cc1ccc(Cl)s1. The lowest BCUT2D eigenvalue weighted by molar-refractivity contribution is -0.141. The van der Waals surface area contributed by atoms with Crippen LogP contribution >= 0.6 is 22.9 Å². The van der Waals surface area contributed by atoms with E-state index in [1.165, 1.54) is 24.5 Å². The minimum atomic E-state index is -4.07. The standard InChI is InChI=1S/C20H23ClN4O5S2/c1-30-19(26)14-25(32(28,29)13-7-16-2-3-18(21)31-16)17-6-11-24(20(17)27)12-10-23-15-4-8-22-9-5-15/h2-5,7-9,13,17H,6,10-12,14H2,1H3,(H,22,23). The summed E-state index contributed by atoms with van der Waals surface area (Å²) in [5.74, 6) is -1.09. The molecular weight excluding hydrogens is 476 g/mol. The van der Waals surface area contributed by atoms with E-state index in [1.54, 1.807) is 29.4 Å². The van der Waals surface area contributed by atoms with Gasteiger partial charge >= 0.3 is 5.97 Å². The van der Waals surface area contributed by atoms with E-state index in [-0.39, 0.29) is 12.3 Å². The van der Waals surface area contributed by atoms with E-state index >= 15 is 0 Å². The molecule has 172 valence electrons. The molecule has 1 unspecified atom stereocenters. The first kappa shape index (κ1) is 24.2. The number of anilines is 1. The van der Waals surface area contributed by atoms with Gasteiger partial charge < -0.3 is 15.0 Å². The van der Waals surface area contributed by atoms with Gasteiger partial charge in [0.25, 0.3) is 0 Å². The minimum absolute atomic E-state index is 0.281. The third kappa shape index (κ3) is 6.28. The summed E-state index contributed by atoms with van der Waals surface area (Å²) >= 11 is 7.10. The maximum absolute atomic E-state index is 13.0. The molecule has 2 aromatic heterocycles. The molecule has 0 saturated carbocycles. The number of hydrogen-bond acceptors (Lipinski definition) is 8. The Morgan fingerprint density at radius 1 is 1.38 bits per heavy atom. The molecule has 9 nitrogen and oxygen atoms in total.